The van der Waals surface area contributed by atoms with Gasteiger partial charge in [0, 0.05) is 31.9 Å². The first-order valence-corrected chi connectivity index (χ1v) is 9.19. The molecule has 2 aromatic carbocycles. The maximum Gasteiger partial charge on any atom is 0.339 e. The van der Waals surface area contributed by atoms with E-state index in [9.17, 15) is 9.59 Å². The molecule has 148 valence electrons. The zero-order valence-corrected chi connectivity index (χ0v) is 16.2. The Hall–Kier alpha value is -3.06. The number of methoxy groups -OCH3 is 2. The van der Waals surface area contributed by atoms with Gasteiger partial charge >= 0.3 is 5.97 Å². The van der Waals surface area contributed by atoms with Crippen LogP contribution in [0.15, 0.2) is 48.5 Å². The second kappa shape index (κ2) is 9.23. The molecule has 2 aromatic rings. The molecule has 0 radical (unpaired) electrons. The number of carbonyl (C=O) groups is 2. The van der Waals surface area contributed by atoms with E-state index < -0.39 is 5.97 Å². The second-order valence-electron chi connectivity index (χ2n) is 6.55. The standard InChI is InChI=1S/C21H25N3O4/c1-27-17-9-7-16(8-10-17)24-13-11-23(12-14-24)15-20(25)22-19-6-4-3-5-18(19)21(26)28-2/h3-10H,11-15H2,1-2H3,(H,22,25). The SMILES string of the molecule is COC(=O)c1ccccc1NC(=O)CN1CCN(c2ccc(OC)cc2)CC1. The highest BCUT2D eigenvalue weighted by atomic mass is 16.5. The van der Waals surface area contributed by atoms with Gasteiger partial charge in [-0.05, 0) is 36.4 Å². The smallest absolute Gasteiger partial charge is 0.339 e. The second-order valence-corrected chi connectivity index (χ2v) is 6.55. The molecule has 1 amide bonds. The van der Waals surface area contributed by atoms with Crippen LogP contribution in [0.1, 0.15) is 10.4 Å². The number of ether oxygens (including phenoxy) is 2. The maximum absolute atomic E-state index is 12.4. The third-order valence-corrected chi connectivity index (χ3v) is 4.78. The van der Waals surface area contributed by atoms with Gasteiger partial charge in [0.15, 0.2) is 0 Å². The number of rotatable bonds is 6. The van der Waals surface area contributed by atoms with Crippen molar-refractivity contribution in [2.75, 3.05) is 57.2 Å². The molecular formula is C21H25N3O4. The lowest BCUT2D eigenvalue weighted by Crippen LogP contribution is -2.48. The molecule has 1 saturated heterocycles. The summed E-state index contributed by atoms with van der Waals surface area (Å²) in [7, 11) is 2.98. The van der Waals surface area contributed by atoms with E-state index in [0.29, 0.717) is 11.3 Å². The average Bonchev–Trinajstić information content (AvgIpc) is 2.74. The lowest BCUT2D eigenvalue weighted by molar-refractivity contribution is -0.117. The highest BCUT2D eigenvalue weighted by Crippen LogP contribution is 2.21. The molecule has 3 rings (SSSR count). The molecule has 0 bridgehead atoms. The van der Waals surface area contributed by atoms with Crippen LogP contribution in [-0.2, 0) is 9.53 Å². The van der Waals surface area contributed by atoms with Crippen molar-refractivity contribution < 1.29 is 19.1 Å². The zero-order chi connectivity index (χ0) is 19.9. The van der Waals surface area contributed by atoms with Gasteiger partial charge in [0.25, 0.3) is 0 Å². The van der Waals surface area contributed by atoms with Gasteiger partial charge in [0.05, 0.1) is 32.0 Å². The molecular weight excluding hydrogens is 358 g/mol. The van der Waals surface area contributed by atoms with Crippen LogP contribution >= 0.6 is 0 Å². The van der Waals surface area contributed by atoms with Crippen LogP contribution < -0.4 is 15.0 Å². The van der Waals surface area contributed by atoms with Crippen LogP contribution in [0, 0.1) is 0 Å². The summed E-state index contributed by atoms with van der Waals surface area (Å²) in [5.74, 6) is 0.226. The van der Waals surface area contributed by atoms with E-state index >= 15 is 0 Å². The van der Waals surface area contributed by atoms with E-state index in [4.69, 9.17) is 9.47 Å². The molecule has 1 fully saturated rings. The Balaban J connectivity index is 1.52. The van der Waals surface area contributed by atoms with Crippen molar-refractivity contribution in [3.8, 4) is 5.75 Å². The van der Waals surface area contributed by atoms with Crippen LogP contribution in [0.4, 0.5) is 11.4 Å². The Bertz CT molecular complexity index is 815. The Kier molecular flexibility index (Phi) is 6.49. The zero-order valence-electron chi connectivity index (χ0n) is 16.2. The Morgan fingerprint density at radius 3 is 2.29 bits per heavy atom. The van der Waals surface area contributed by atoms with Crippen molar-refractivity contribution in [3.63, 3.8) is 0 Å². The van der Waals surface area contributed by atoms with E-state index in [-0.39, 0.29) is 12.5 Å². The summed E-state index contributed by atoms with van der Waals surface area (Å²) in [5.41, 5.74) is 1.97. The van der Waals surface area contributed by atoms with Crippen molar-refractivity contribution in [3.05, 3.63) is 54.1 Å². The van der Waals surface area contributed by atoms with E-state index in [2.05, 4.69) is 15.1 Å². The van der Waals surface area contributed by atoms with Crippen molar-refractivity contribution >= 4 is 23.3 Å². The summed E-state index contributed by atoms with van der Waals surface area (Å²) < 4.78 is 9.96. The number of nitrogens with one attached hydrogen (secondary N) is 1. The number of para-hydroxylation sites is 1. The van der Waals surface area contributed by atoms with Crippen molar-refractivity contribution in [1.82, 2.24) is 4.90 Å². The largest absolute Gasteiger partial charge is 0.497 e. The quantitative estimate of drug-likeness (QED) is 0.772. The van der Waals surface area contributed by atoms with E-state index in [0.717, 1.165) is 37.6 Å². The molecule has 0 unspecified atom stereocenters. The molecule has 0 spiro atoms. The first-order valence-electron chi connectivity index (χ1n) is 9.19. The lowest BCUT2D eigenvalue weighted by atomic mass is 10.2. The Labute approximate surface area is 164 Å². The van der Waals surface area contributed by atoms with Crippen molar-refractivity contribution in [2.45, 2.75) is 0 Å². The Morgan fingerprint density at radius 2 is 1.64 bits per heavy atom. The summed E-state index contributed by atoms with van der Waals surface area (Å²) in [5, 5.41) is 2.82. The number of anilines is 2. The number of hydrogen-bond donors (Lipinski definition) is 1. The van der Waals surface area contributed by atoms with Gasteiger partial charge in [-0.25, -0.2) is 4.79 Å². The fraction of sp³-hybridized carbons (Fsp3) is 0.333. The maximum atomic E-state index is 12.4. The van der Waals surface area contributed by atoms with Gasteiger partial charge in [0.1, 0.15) is 5.75 Å². The summed E-state index contributed by atoms with van der Waals surface area (Å²) in [6.45, 7) is 3.55. The first-order chi connectivity index (χ1) is 13.6. The molecule has 0 aromatic heterocycles. The molecule has 1 N–H and O–H groups in total. The summed E-state index contributed by atoms with van der Waals surface area (Å²) in [6, 6.07) is 14.8. The van der Waals surface area contributed by atoms with Gasteiger partial charge in [0.2, 0.25) is 5.91 Å². The number of hydrogen-bond acceptors (Lipinski definition) is 6. The van der Waals surface area contributed by atoms with Gasteiger partial charge in [-0.3, -0.25) is 9.69 Å². The van der Waals surface area contributed by atoms with E-state index in [1.54, 1.807) is 31.4 Å². The van der Waals surface area contributed by atoms with E-state index in [1.807, 2.05) is 24.3 Å². The lowest BCUT2D eigenvalue weighted by Gasteiger charge is -2.35. The molecule has 0 aliphatic carbocycles. The highest BCUT2D eigenvalue weighted by molar-refractivity contribution is 6.01. The molecule has 1 aliphatic rings. The Morgan fingerprint density at radius 1 is 0.964 bits per heavy atom. The molecule has 7 nitrogen and oxygen atoms in total. The summed E-state index contributed by atoms with van der Waals surface area (Å²) >= 11 is 0. The summed E-state index contributed by atoms with van der Waals surface area (Å²) in [6.07, 6.45) is 0. The van der Waals surface area contributed by atoms with Crippen LogP contribution in [0.3, 0.4) is 0 Å². The number of nitrogens with zero attached hydrogens (tertiary/aromatic N) is 2. The number of amides is 1. The summed E-state index contributed by atoms with van der Waals surface area (Å²) in [4.78, 5) is 28.7. The molecule has 1 aliphatic heterocycles. The number of carbonyl (C=O) groups excluding carboxylic acids is 2. The third kappa shape index (κ3) is 4.80. The van der Waals surface area contributed by atoms with Gasteiger partial charge in [-0.1, -0.05) is 12.1 Å². The minimum Gasteiger partial charge on any atom is -0.497 e. The van der Waals surface area contributed by atoms with E-state index in [1.165, 1.54) is 7.11 Å². The molecule has 0 saturated carbocycles. The van der Waals surface area contributed by atoms with Crippen molar-refractivity contribution in [2.24, 2.45) is 0 Å². The number of benzene rings is 2. The average molecular weight is 383 g/mol. The van der Waals surface area contributed by atoms with Gasteiger partial charge in [-0.2, -0.15) is 0 Å². The first kappa shape index (κ1) is 19.7. The highest BCUT2D eigenvalue weighted by Gasteiger charge is 2.20. The third-order valence-electron chi connectivity index (χ3n) is 4.78. The number of esters is 1. The van der Waals surface area contributed by atoms with Crippen LogP contribution in [0.5, 0.6) is 5.75 Å². The topological polar surface area (TPSA) is 71.1 Å². The van der Waals surface area contributed by atoms with Crippen molar-refractivity contribution in [1.29, 1.82) is 0 Å². The number of piperazine rings is 1. The molecule has 28 heavy (non-hydrogen) atoms. The van der Waals surface area contributed by atoms with Crippen LogP contribution in [-0.4, -0.2) is 63.7 Å². The minimum atomic E-state index is -0.469. The molecule has 0 atom stereocenters. The normalized spacial score (nSPS) is 14.4. The fourth-order valence-corrected chi connectivity index (χ4v) is 3.23. The predicted molar refractivity (Wildman–Crippen MR) is 108 cm³/mol. The monoisotopic (exact) mass is 383 g/mol. The predicted octanol–water partition coefficient (Wildman–Crippen LogP) is 2.24. The molecule has 1 heterocycles. The van der Waals surface area contributed by atoms with Crippen LogP contribution in [0.2, 0.25) is 0 Å². The molecule has 7 heteroatoms. The minimum absolute atomic E-state index is 0.144. The fourth-order valence-electron chi connectivity index (χ4n) is 3.23. The van der Waals surface area contributed by atoms with Gasteiger partial charge < -0.3 is 19.7 Å². The van der Waals surface area contributed by atoms with Gasteiger partial charge in [-0.15, -0.1) is 0 Å². The van der Waals surface area contributed by atoms with Crippen LogP contribution in [0.25, 0.3) is 0 Å².